The van der Waals surface area contributed by atoms with E-state index in [1.165, 1.54) is 22.1 Å². The van der Waals surface area contributed by atoms with Crippen molar-refractivity contribution in [3.05, 3.63) is 103 Å². The van der Waals surface area contributed by atoms with E-state index >= 15 is 0 Å². The van der Waals surface area contributed by atoms with Crippen molar-refractivity contribution < 1.29 is 4.42 Å². The molecule has 2 heterocycles. The maximum atomic E-state index is 6.25. The van der Waals surface area contributed by atoms with Crippen molar-refractivity contribution in [1.82, 2.24) is 4.98 Å². The van der Waals surface area contributed by atoms with Gasteiger partial charge in [-0.2, -0.15) is 0 Å². The molecule has 0 amide bonds. The highest BCUT2D eigenvalue weighted by Crippen LogP contribution is 2.36. The van der Waals surface area contributed by atoms with Crippen molar-refractivity contribution in [2.45, 2.75) is 6.92 Å². The summed E-state index contributed by atoms with van der Waals surface area (Å²) in [4.78, 5) is 4.73. The molecule has 30 heavy (non-hydrogen) atoms. The minimum atomic E-state index is 0.903. The fourth-order valence-electron chi connectivity index (χ4n) is 4.27. The van der Waals surface area contributed by atoms with Gasteiger partial charge in [0, 0.05) is 27.9 Å². The zero-order valence-corrected chi connectivity index (χ0v) is 16.6. The molecule has 142 valence electrons. The smallest absolute Gasteiger partial charge is 0.143 e. The number of pyridine rings is 1. The van der Waals surface area contributed by atoms with Crippen LogP contribution in [-0.2, 0) is 0 Å². The van der Waals surface area contributed by atoms with Crippen LogP contribution >= 0.6 is 0 Å². The zero-order valence-electron chi connectivity index (χ0n) is 16.6. The standard InChI is InChI=1S/C28H19NO/c1-18-17-29-26(16-24(18)19-7-3-2-4-8-19)21-12-14-27-25(15-21)23-13-11-20-9-5-6-10-22(20)28(23)30-27/h2-17H,1H3. The average Bonchev–Trinajstić information content (AvgIpc) is 3.18. The van der Waals surface area contributed by atoms with Gasteiger partial charge in [-0.15, -0.1) is 0 Å². The molecule has 0 saturated carbocycles. The first-order chi connectivity index (χ1) is 14.8. The SMILES string of the molecule is Cc1cnc(-c2ccc3oc4c5ccccc5ccc4c3c2)cc1-c1ccccc1. The highest BCUT2D eigenvalue weighted by atomic mass is 16.3. The monoisotopic (exact) mass is 385 g/mol. The lowest BCUT2D eigenvalue weighted by Gasteiger charge is -2.09. The maximum Gasteiger partial charge on any atom is 0.143 e. The Labute approximate surface area is 174 Å². The van der Waals surface area contributed by atoms with Gasteiger partial charge in [0.05, 0.1) is 5.69 Å². The molecule has 2 aromatic heterocycles. The number of hydrogen-bond acceptors (Lipinski definition) is 2. The molecule has 0 atom stereocenters. The van der Waals surface area contributed by atoms with Crippen LogP contribution in [0.15, 0.2) is 102 Å². The summed E-state index contributed by atoms with van der Waals surface area (Å²) in [6, 6.07) is 31.7. The Morgan fingerprint density at radius 1 is 0.667 bits per heavy atom. The third-order valence-corrected chi connectivity index (χ3v) is 5.85. The van der Waals surface area contributed by atoms with Crippen LogP contribution in [-0.4, -0.2) is 4.98 Å². The van der Waals surface area contributed by atoms with Gasteiger partial charge in [0.15, 0.2) is 0 Å². The first kappa shape index (κ1) is 17.0. The molecule has 0 unspecified atom stereocenters. The summed E-state index contributed by atoms with van der Waals surface area (Å²) in [5, 5.41) is 4.60. The first-order valence-corrected chi connectivity index (χ1v) is 10.1. The van der Waals surface area contributed by atoms with Crippen LogP contribution in [0, 0.1) is 6.92 Å². The number of nitrogens with zero attached hydrogens (tertiary/aromatic N) is 1. The van der Waals surface area contributed by atoms with Gasteiger partial charge in [0.2, 0.25) is 0 Å². The van der Waals surface area contributed by atoms with Crippen molar-refractivity contribution in [3.8, 4) is 22.4 Å². The Morgan fingerprint density at radius 3 is 2.40 bits per heavy atom. The fourth-order valence-corrected chi connectivity index (χ4v) is 4.27. The number of aryl methyl sites for hydroxylation is 1. The third kappa shape index (κ3) is 2.61. The maximum absolute atomic E-state index is 6.25. The van der Waals surface area contributed by atoms with E-state index in [0.29, 0.717) is 0 Å². The highest BCUT2D eigenvalue weighted by Gasteiger charge is 2.12. The summed E-state index contributed by atoms with van der Waals surface area (Å²) in [5.41, 5.74) is 7.50. The molecular weight excluding hydrogens is 366 g/mol. The lowest BCUT2D eigenvalue weighted by molar-refractivity contribution is 0.672. The van der Waals surface area contributed by atoms with Gasteiger partial charge in [-0.25, -0.2) is 0 Å². The number of fused-ring (bicyclic) bond motifs is 5. The molecule has 0 bridgehead atoms. The minimum absolute atomic E-state index is 0.903. The number of furan rings is 1. The van der Waals surface area contributed by atoms with Crippen LogP contribution in [0.5, 0.6) is 0 Å². The quantitative estimate of drug-likeness (QED) is 0.304. The molecule has 0 fully saturated rings. The zero-order chi connectivity index (χ0) is 20.1. The second-order valence-corrected chi connectivity index (χ2v) is 7.73. The third-order valence-electron chi connectivity index (χ3n) is 5.85. The van der Waals surface area contributed by atoms with Crippen molar-refractivity contribution in [2.75, 3.05) is 0 Å². The van der Waals surface area contributed by atoms with E-state index in [9.17, 15) is 0 Å². The first-order valence-electron chi connectivity index (χ1n) is 10.1. The van der Waals surface area contributed by atoms with Gasteiger partial charge in [-0.05, 0) is 59.3 Å². The molecule has 0 aliphatic heterocycles. The Bertz CT molecular complexity index is 1540. The molecular formula is C28H19NO. The summed E-state index contributed by atoms with van der Waals surface area (Å²) < 4.78 is 6.25. The van der Waals surface area contributed by atoms with Gasteiger partial charge in [-0.3, -0.25) is 4.98 Å². The highest BCUT2D eigenvalue weighted by molar-refractivity contribution is 6.15. The molecule has 0 N–H and O–H groups in total. The van der Waals surface area contributed by atoms with Gasteiger partial charge >= 0.3 is 0 Å². The van der Waals surface area contributed by atoms with E-state index in [0.717, 1.165) is 38.6 Å². The summed E-state index contributed by atoms with van der Waals surface area (Å²) in [6.07, 6.45) is 1.96. The Hall–Kier alpha value is -3.91. The molecule has 0 spiro atoms. The number of rotatable bonds is 2. The minimum Gasteiger partial charge on any atom is -0.455 e. The Morgan fingerprint density at radius 2 is 1.50 bits per heavy atom. The van der Waals surface area contributed by atoms with Crippen molar-refractivity contribution >= 4 is 32.7 Å². The molecule has 2 heteroatoms. The largest absolute Gasteiger partial charge is 0.455 e. The van der Waals surface area contributed by atoms with Gasteiger partial charge in [0.25, 0.3) is 0 Å². The van der Waals surface area contributed by atoms with E-state index in [-0.39, 0.29) is 0 Å². The summed E-state index contributed by atoms with van der Waals surface area (Å²) in [7, 11) is 0. The normalized spacial score (nSPS) is 11.5. The Kier molecular flexibility index (Phi) is 3.72. The van der Waals surface area contributed by atoms with Crippen LogP contribution < -0.4 is 0 Å². The van der Waals surface area contributed by atoms with Crippen molar-refractivity contribution in [1.29, 1.82) is 0 Å². The molecule has 0 radical (unpaired) electrons. The molecule has 4 aromatic carbocycles. The van der Waals surface area contributed by atoms with Crippen LogP contribution in [0.2, 0.25) is 0 Å². The van der Waals surface area contributed by atoms with Crippen LogP contribution in [0.1, 0.15) is 5.56 Å². The van der Waals surface area contributed by atoms with Gasteiger partial charge in [-0.1, -0.05) is 60.7 Å². The lowest BCUT2D eigenvalue weighted by Crippen LogP contribution is -1.89. The van der Waals surface area contributed by atoms with Crippen LogP contribution in [0.25, 0.3) is 55.1 Å². The van der Waals surface area contributed by atoms with E-state index in [1.54, 1.807) is 0 Å². The predicted octanol–water partition coefficient (Wildman–Crippen LogP) is 7.78. The summed E-state index contributed by atoms with van der Waals surface area (Å²) in [6.45, 7) is 2.11. The molecule has 6 aromatic rings. The molecule has 0 saturated heterocycles. The lowest BCUT2D eigenvalue weighted by atomic mass is 9.99. The second kappa shape index (κ2) is 6.57. The summed E-state index contributed by atoms with van der Waals surface area (Å²) in [5.74, 6) is 0. The molecule has 6 rings (SSSR count). The number of aromatic nitrogens is 1. The van der Waals surface area contributed by atoms with Crippen LogP contribution in [0.4, 0.5) is 0 Å². The van der Waals surface area contributed by atoms with E-state index in [4.69, 9.17) is 9.40 Å². The molecule has 2 nitrogen and oxygen atoms in total. The van der Waals surface area contributed by atoms with Crippen LogP contribution in [0.3, 0.4) is 0 Å². The summed E-state index contributed by atoms with van der Waals surface area (Å²) >= 11 is 0. The van der Waals surface area contributed by atoms with Gasteiger partial charge < -0.3 is 4.42 Å². The van der Waals surface area contributed by atoms with E-state index in [1.807, 2.05) is 12.3 Å². The molecule has 0 aliphatic carbocycles. The Balaban J connectivity index is 1.55. The van der Waals surface area contributed by atoms with Gasteiger partial charge in [0.1, 0.15) is 11.2 Å². The topological polar surface area (TPSA) is 26.0 Å². The molecule has 0 aliphatic rings. The number of hydrogen-bond donors (Lipinski definition) is 0. The van der Waals surface area contributed by atoms with Crippen molar-refractivity contribution in [2.24, 2.45) is 0 Å². The van der Waals surface area contributed by atoms with Crippen molar-refractivity contribution in [3.63, 3.8) is 0 Å². The van der Waals surface area contributed by atoms with E-state index in [2.05, 4.69) is 91.9 Å². The second-order valence-electron chi connectivity index (χ2n) is 7.73. The predicted molar refractivity (Wildman–Crippen MR) is 125 cm³/mol. The van der Waals surface area contributed by atoms with E-state index < -0.39 is 0 Å². The fraction of sp³-hybridized carbons (Fsp3) is 0.0357. The number of benzene rings is 4. The average molecular weight is 385 g/mol.